The minimum atomic E-state index is -0.00707. The number of nitrogens with zero attached hydrogens (tertiary/aromatic N) is 4. The monoisotopic (exact) mass is 354 g/mol. The third kappa shape index (κ3) is 3.15. The molecule has 6 heteroatoms. The van der Waals surface area contributed by atoms with Crippen LogP contribution in [0, 0.1) is 5.92 Å². The van der Waals surface area contributed by atoms with Gasteiger partial charge in [0.15, 0.2) is 0 Å². The van der Waals surface area contributed by atoms with Gasteiger partial charge in [-0.3, -0.25) is 14.4 Å². The van der Waals surface area contributed by atoms with E-state index in [0.29, 0.717) is 12.3 Å². The summed E-state index contributed by atoms with van der Waals surface area (Å²) in [6.07, 6.45) is 1.57. The zero-order valence-electron chi connectivity index (χ0n) is 15.3. The van der Waals surface area contributed by atoms with E-state index in [1.165, 1.54) is 11.3 Å². The summed E-state index contributed by atoms with van der Waals surface area (Å²) in [6.45, 7) is 6.42. The fourth-order valence-electron chi connectivity index (χ4n) is 4.29. The second kappa shape index (κ2) is 7.21. The first kappa shape index (κ1) is 17.2. The van der Waals surface area contributed by atoms with E-state index < -0.39 is 0 Å². The average molecular weight is 354 g/mol. The Kier molecular flexibility index (Phi) is 4.78. The van der Waals surface area contributed by atoms with Gasteiger partial charge in [-0.15, -0.1) is 0 Å². The predicted octanol–water partition coefficient (Wildman–Crippen LogP) is 1.81. The number of amides is 1. The Morgan fingerprint density at radius 1 is 1.27 bits per heavy atom. The molecule has 3 heterocycles. The van der Waals surface area contributed by atoms with Crippen molar-refractivity contribution >= 4 is 11.6 Å². The Balaban J connectivity index is 1.43. The molecule has 0 spiro atoms. The van der Waals surface area contributed by atoms with Crippen molar-refractivity contribution in [1.29, 1.82) is 0 Å². The summed E-state index contributed by atoms with van der Waals surface area (Å²) in [7, 11) is 0. The number of aromatic nitrogens is 2. The van der Waals surface area contributed by atoms with Crippen LogP contribution in [0.3, 0.4) is 0 Å². The van der Waals surface area contributed by atoms with Gasteiger partial charge in [-0.05, 0) is 25.0 Å². The fourth-order valence-corrected chi connectivity index (χ4v) is 4.29. The van der Waals surface area contributed by atoms with E-state index in [0.717, 1.165) is 50.5 Å². The quantitative estimate of drug-likeness (QED) is 0.890. The van der Waals surface area contributed by atoms with Gasteiger partial charge in [-0.1, -0.05) is 18.2 Å². The van der Waals surface area contributed by atoms with Crippen molar-refractivity contribution in [2.24, 2.45) is 5.92 Å². The van der Waals surface area contributed by atoms with Crippen LogP contribution in [-0.2, 0) is 30.9 Å². The van der Waals surface area contributed by atoms with Crippen molar-refractivity contribution in [3.05, 3.63) is 47.3 Å². The molecule has 138 valence electrons. The minimum absolute atomic E-state index is 0.00707. The van der Waals surface area contributed by atoms with Gasteiger partial charge in [0.05, 0.1) is 12.3 Å². The average Bonchev–Trinajstić information content (AvgIpc) is 3.22. The molecule has 1 saturated heterocycles. The highest BCUT2D eigenvalue weighted by Gasteiger charge is 2.33. The molecule has 1 aromatic carbocycles. The number of anilines is 1. The molecule has 2 aliphatic rings. The van der Waals surface area contributed by atoms with Crippen molar-refractivity contribution in [3.8, 4) is 0 Å². The van der Waals surface area contributed by atoms with E-state index in [4.69, 9.17) is 0 Å². The van der Waals surface area contributed by atoms with Crippen LogP contribution in [0.15, 0.2) is 30.3 Å². The summed E-state index contributed by atoms with van der Waals surface area (Å²) in [5.41, 5.74) is 4.25. The molecular weight excluding hydrogens is 328 g/mol. The van der Waals surface area contributed by atoms with Crippen molar-refractivity contribution in [1.82, 2.24) is 14.7 Å². The zero-order valence-corrected chi connectivity index (χ0v) is 15.3. The molecule has 0 saturated carbocycles. The summed E-state index contributed by atoms with van der Waals surface area (Å²) in [5, 5.41) is 14.2. The topological polar surface area (TPSA) is 61.6 Å². The summed E-state index contributed by atoms with van der Waals surface area (Å²) in [4.78, 5) is 16.8. The maximum absolute atomic E-state index is 12.4. The third-order valence-electron chi connectivity index (χ3n) is 5.53. The van der Waals surface area contributed by atoms with Crippen LogP contribution in [0.1, 0.15) is 30.3 Å². The molecule has 1 atom stereocenters. The Labute approximate surface area is 154 Å². The second-order valence-corrected chi connectivity index (χ2v) is 7.24. The smallest absolute Gasteiger partial charge is 0.227 e. The number of hydrogen-bond acceptors (Lipinski definition) is 4. The predicted molar refractivity (Wildman–Crippen MR) is 99.7 cm³/mol. The highest BCUT2D eigenvalue weighted by molar-refractivity contribution is 5.95. The molecule has 1 fully saturated rings. The lowest BCUT2D eigenvalue weighted by Gasteiger charge is -2.29. The first-order valence-corrected chi connectivity index (χ1v) is 9.45. The highest BCUT2D eigenvalue weighted by Crippen LogP contribution is 2.28. The third-order valence-corrected chi connectivity index (χ3v) is 5.53. The number of carbonyl (C=O) groups is 1. The van der Waals surface area contributed by atoms with Gasteiger partial charge < -0.3 is 10.0 Å². The SMILES string of the molecule is CCn1nc(CO)c2c1CCN(CC1CC(=O)N(c3ccccc3)C1)C2. The van der Waals surface area contributed by atoms with Crippen LogP contribution in [0.5, 0.6) is 0 Å². The molecule has 0 bridgehead atoms. The van der Waals surface area contributed by atoms with Crippen molar-refractivity contribution in [2.45, 2.75) is 39.5 Å². The number of aliphatic hydroxyl groups is 1. The molecule has 2 aromatic rings. The number of fused-ring (bicyclic) bond motifs is 1. The van der Waals surface area contributed by atoms with Crippen LogP contribution in [-0.4, -0.2) is 45.3 Å². The first-order valence-electron chi connectivity index (χ1n) is 9.45. The Morgan fingerprint density at radius 3 is 2.81 bits per heavy atom. The highest BCUT2D eigenvalue weighted by atomic mass is 16.3. The lowest BCUT2D eigenvalue weighted by molar-refractivity contribution is -0.117. The van der Waals surface area contributed by atoms with Crippen molar-refractivity contribution in [2.75, 3.05) is 24.5 Å². The number of hydrogen-bond donors (Lipinski definition) is 1. The summed E-state index contributed by atoms with van der Waals surface area (Å²) in [5.74, 6) is 0.566. The van der Waals surface area contributed by atoms with Crippen LogP contribution in [0.25, 0.3) is 0 Å². The van der Waals surface area contributed by atoms with E-state index in [1.54, 1.807) is 0 Å². The Morgan fingerprint density at radius 2 is 2.08 bits per heavy atom. The number of aliphatic hydroxyl groups excluding tert-OH is 1. The minimum Gasteiger partial charge on any atom is -0.390 e. The van der Waals surface area contributed by atoms with Gasteiger partial charge in [-0.25, -0.2) is 0 Å². The van der Waals surface area contributed by atoms with Crippen LogP contribution in [0.2, 0.25) is 0 Å². The number of para-hydroxylation sites is 1. The van der Waals surface area contributed by atoms with Gasteiger partial charge >= 0.3 is 0 Å². The Bertz CT molecular complexity index is 787. The summed E-state index contributed by atoms with van der Waals surface area (Å²) < 4.78 is 2.02. The van der Waals surface area contributed by atoms with E-state index in [-0.39, 0.29) is 12.5 Å². The molecule has 0 aliphatic carbocycles. The van der Waals surface area contributed by atoms with Crippen LogP contribution >= 0.6 is 0 Å². The van der Waals surface area contributed by atoms with E-state index in [9.17, 15) is 9.90 Å². The second-order valence-electron chi connectivity index (χ2n) is 7.24. The fraction of sp³-hybridized carbons (Fsp3) is 0.500. The Hall–Kier alpha value is -2.18. The van der Waals surface area contributed by atoms with Gasteiger partial charge in [0.25, 0.3) is 0 Å². The molecule has 0 radical (unpaired) electrons. The number of aryl methyl sites for hydroxylation is 1. The van der Waals surface area contributed by atoms with Gasteiger partial charge in [0.2, 0.25) is 5.91 Å². The molecule has 1 N–H and O–H groups in total. The molecule has 1 aromatic heterocycles. The van der Waals surface area contributed by atoms with Crippen molar-refractivity contribution < 1.29 is 9.90 Å². The molecular formula is C20H26N4O2. The van der Waals surface area contributed by atoms with E-state index in [1.807, 2.05) is 39.9 Å². The lowest BCUT2D eigenvalue weighted by atomic mass is 10.0. The van der Waals surface area contributed by atoms with Gasteiger partial charge in [-0.2, -0.15) is 5.10 Å². The molecule has 2 aliphatic heterocycles. The van der Waals surface area contributed by atoms with Gasteiger partial charge in [0.1, 0.15) is 0 Å². The summed E-state index contributed by atoms with van der Waals surface area (Å²) >= 11 is 0. The van der Waals surface area contributed by atoms with Crippen LogP contribution < -0.4 is 4.90 Å². The van der Waals surface area contributed by atoms with Crippen LogP contribution in [0.4, 0.5) is 5.69 Å². The molecule has 1 unspecified atom stereocenters. The van der Waals surface area contributed by atoms with Gasteiger partial charge in [0, 0.05) is 62.5 Å². The molecule has 26 heavy (non-hydrogen) atoms. The largest absolute Gasteiger partial charge is 0.390 e. The summed E-state index contributed by atoms with van der Waals surface area (Å²) in [6, 6.07) is 9.93. The van der Waals surface area contributed by atoms with E-state index >= 15 is 0 Å². The molecule has 6 nitrogen and oxygen atoms in total. The zero-order chi connectivity index (χ0) is 18.1. The maximum Gasteiger partial charge on any atom is 0.227 e. The van der Waals surface area contributed by atoms with Crippen molar-refractivity contribution in [3.63, 3.8) is 0 Å². The number of carbonyl (C=O) groups excluding carboxylic acids is 1. The van der Waals surface area contributed by atoms with E-state index in [2.05, 4.69) is 16.9 Å². The number of benzene rings is 1. The number of rotatable bonds is 5. The lowest BCUT2D eigenvalue weighted by Crippen LogP contribution is -2.36. The normalized spacial score (nSPS) is 20.6. The molecule has 4 rings (SSSR count). The standard InChI is InChI=1S/C20H26N4O2/c1-2-24-19-8-9-22(13-17(19)18(14-25)21-24)11-15-10-20(26)23(12-15)16-6-4-3-5-7-16/h3-7,15,25H,2,8-14H2,1H3. The first-order chi connectivity index (χ1) is 12.7. The molecule has 1 amide bonds. The maximum atomic E-state index is 12.4.